The summed E-state index contributed by atoms with van der Waals surface area (Å²) in [4.78, 5) is 12.1. The summed E-state index contributed by atoms with van der Waals surface area (Å²) >= 11 is 7.28. The molecule has 0 aromatic heterocycles. The van der Waals surface area contributed by atoms with Crippen LogP contribution in [0, 0.1) is 11.7 Å². The van der Waals surface area contributed by atoms with E-state index in [1.54, 1.807) is 11.8 Å². The van der Waals surface area contributed by atoms with Gasteiger partial charge >= 0.3 is 0 Å². The van der Waals surface area contributed by atoms with Crippen LogP contribution in [-0.2, 0) is 5.75 Å². The monoisotopic (exact) mass is 258 g/mol. The van der Waals surface area contributed by atoms with Crippen LogP contribution in [0.1, 0.15) is 29.8 Å². The first-order valence-corrected chi connectivity index (χ1v) is 6.57. The second-order valence-corrected chi connectivity index (χ2v) is 5.80. The molecule has 1 atom stereocenters. The Morgan fingerprint density at radius 2 is 2.19 bits per heavy atom. The number of rotatable bonds is 1. The fourth-order valence-electron chi connectivity index (χ4n) is 1.84. The van der Waals surface area contributed by atoms with Crippen molar-refractivity contribution in [3.05, 3.63) is 34.1 Å². The Kier molecular flexibility index (Phi) is 3.27. The largest absolute Gasteiger partial charge is 0.293 e. The Bertz CT molecular complexity index is 445. The molecule has 0 radical (unpaired) electrons. The van der Waals surface area contributed by atoms with Gasteiger partial charge in [-0.25, -0.2) is 4.39 Å². The van der Waals surface area contributed by atoms with Gasteiger partial charge in [0.1, 0.15) is 5.82 Å². The summed E-state index contributed by atoms with van der Waals surface area (Å²) in [6.45, 7) is 4.04. The van der Waals surface area contributed by atoms with Gasteiger partial charge in [0.2, 0.25) is 0 Å². The van der Waals surface area contributed by atoms with Crippen LogP contribution < -0.4 is 0 Å². The first kappa shape index (κ1) is 11.9. The molecule has 0 spiro atoms. The Labute approximate surface area is 103 Å². The maximum Gasteiger partial charge on any atom is 0.176 e. The third-order valence-electron chi connectivity index (χ3n) is 2.69. The lowest BCUT2D eigenvalue weighted by Crippen LogP contribution is -2.28. The molecular weight excluding hydrogens is 247 g/mol. The van der Waals surface area contributed by atoms with Crippen LogP contribution in [0.2, 0.25) is 5.02 Å². The number of hydrogen-bond acceptors (Lipinski definition) is 2. The SMILES string of the molecule is CC(C)C1SCc2cc(F)c(Cl)cc2C1=O. The maximum absolute atomic E-state index is 13.2. The number of Topliss-reactive ketones (excluding diaryl/α,β-unsaturated/α-hetero) is 1. The molecular formula is C12H12ClFOS. The van der Waals surface area contributed by atoms with E-state index in [0.717, 1.165) is 5.56 Å². The van der Waals surface area contributed by atoms with Gasteiger partial charge in [0.25, 0.3) is 0 Å². The van der Waals surface area contributed by atoms with E-state index in [2.05, 4.69) is 0 Å². The van der Waals surface area contributed by atoms with Gasteiger partial charge in [-0.1, -0.05) is 25.4 Å². The normalized spacial score (nSPS) is 20.1. The highest BCUT2D eigenvalue weighted by atomic mass is 35.5. The Morgan fingerprint density at radius 1 is 1.50 bits per heavy atom. The Hall–Kier alpha value is -0.540. The van der Waals surface area contributed by atoms with E-state index in [1.807, 2.05) is 13.8 Å². The molecule has 0 amide bonds. The van der Waals surface area contributed by atoms with Crippen LogP contribution in [0.4, 0.5) is 4.39 Å². The number of halogens is 2. The molecule has 0 bridgehead atoms. The molecule has 16 heavy (non-hydrogen) atoms. The molecule has 0 saturated heterocycles. The average molecular weight is 259 g/mol. The summed E-state index contributed by atoms with van der Waals surface area (Å²) in [5.74, 6) is 0.590. The molecule has 0 saturated carbocycles. The third-order valence-corrected chi connectivity index (χ3v) is 4.58. The highest BCUT2D eigenvalue weighted by Crippen LogP contribution is 2.35. The van der Waals surface area contributed by atoms with Crippen molar-refractivity contribution in [3.8, 4) is 0 Å². The van der Waals surface area contributed by atoms with Gasteiger partial charge in [0.05, 0.1) is 10.3 Å². The Balaban J connectivity index is 2.45. The zero-order valence-electron chi connectivity index (χ0n) is 9.09. The van der Waals surface area contributed by atoms with E-state index in [4.69, 9.17) is 11.6 Å². The van der Waals surface area contributed by atoms with Crippen molar-refractivity contribution in [1.82, 2.24) is 0 Å². The minimum absolute atomic E-state index is 0.0292. The summed E-state index contributed by atoms with van der Waals surface area (Å²) in [6.07, 6.45) is 0. The molecule has 1 heterocycles. The van der Waals surface area contributed by atoms with Crippen LogP contribution in [-0.4, -0.2) is 11.0 Å². The van der Waals surface area contributed by atoms with Crippen molar-refractivity contribution in [2.75, 3.05) is 0 Å². The van der Waals surface area contributed by atoms with Gasteiger partial charge in [0.15, 0.2) is 5.78 Å². The van der Waals surface area contributed by atoms with Crippen LogP contribution >= 0.6 is 23.4 Å². The van der Waals surface area contributed by atoms with Crippen LogP contribution in [0.25, 0.3) is 0 Å². The molecule has 86 valence electrons. The maximum atomic E-state index is 13.2. The molecule has 0 aliphatic carbocycles. The molecule has 1 nitrogen and oxygen atoms in total. The predicted octanol–water partition coefficient (Wildman–Crippen LogP) is 3.93. The molecule has 1 unspecified atom stereocenters. The third kappa shape index (κ3) is 1.98. The molecule has 2 rings (SSSR count). The van der Waals surface area contributed by atoms with Gasteiger partial charge < -0.3 is 0 Å². The van der Waals surface area contributed by atoms with E-state index in [9.17, 15) is 9.18 Å². The van der Waals surface area contributed by atoms with E-state index in [1.165, 1.54) is 12.1 Å². The van der Waals surface area contributed by atoms with Gasteiger partial charge in [-0.3, -0.25) is 4.79 Å². The summed E-state index contributed by atoms with van der Waals surface area (Å²) < 4.78 is 13.2. The first-order valence-electron chi connectivity index (χ1n) is 5.14. The highest BCUT2D eigenvalue weighted by Gasteiger charge is 2.30. The zero-order chi connectivity index (χ0) is 11.9. The van der Waals surface area contributed by atoms with Crippen molar-refractivity contribution in [2.24, 2.45) is 5.92 Å². The van der Waals surface area contributed by atoms with Crippen molar-refractivity contribution >= 4 is 29.1 Å². The first-order chi connectivity index (χ1) is 7.50. The number of hydrogen-bond donors (Lipinski definition) is 0. The highest BCUT2D eigenvalue weighted by molar-refractivity contribution is 8.00. The lowest BCUT2D eigenvalue weighted by molar-refractivity contribution is 0.0973. The second-order valence-electron chi connectivity index (χ2n) is 4.26. The summed E-state index contributed by atoms with van der Waals surface area (Å²) in [6, 6.07) is 2.84. The molecule has 1 aliphatic rings. The number of ketones is 1. The lowest BCUT2D eigenvalue weighted by Gasteiger charge is -2.25. The summed E-state index contributed by atoms with van der Waals surface area (Å²) in [5, 5.41) is -0.00414. The molecule has 1 aliphatic heterocycles. The van der Waals surface area contributed by atoms with Crippen LogP contribution in [0.5, 0.6) is 0 Å². The fourth-order valence-corrected chi connectivity index (χ4v) is 3.27. The predicted molar refractivity (Wildman–Crippen MR) is 65.7 cm³/mol. The minimum Gasteiger partial charge on any atom is -0.293 e. The second kappa shape index (κ2) is 4.38. The number of carbonyl (C=O) groups is 1. The molecule has 1 aromatic carbocycles. The van der Waals surface area contributed by atoms with Crippen molar-refractivity contribution < 1.29 is 9.18 Å². The molecule has 0 fully saturated rings. The van der Waals surface area contributed by atoms with E-state index in [-0.39, 0.29) is 22.0 Å². The standard InChI is InChI=1S/C12H12ClFOS/c1-6(2)12-11(15)8-4-9(13)10(14)3-7(8)5-16-12/h3-4,6,12H,5H2,1-2H3. The topological polar surface area (TPSA) is 17.1 Å². The molecule has 1 aromatic rings. The Morgan fingerprint density at radius 3 is 2.81 bits per heavy atom. The van der Waals surface area contributed by atoms with E-state index in [0.29, 0.717) is 11.3 Å². The van der Waals surface area contributed by atoms with Gasteiger partial charge in [0, 0.05) is 11.3 Å². The molecule has 4 heteroatoms. The lowest BCUT2D eigenvalue weighted by atomic mass is 9.96. The molecule has 0 N–H and O–H groups in total. The van der Waals surface area contributed by atoms with E-state index < -0.39 is 5.82 Å². The average Bonchev–Trinajstić information content (AvgIpc) is 2.21. The minimum atomic E-state index is -0.447. The number of fused-ring (bicyclic) bond motifs is 1. The fraction of sp³-hybridized carbons (Fsp3) is 0.417. The van der Waals surface area contributed by atoms with Crippen molar-refractivity contribution in [1.29, 1.82) is 0 Å². The summed E-state index contributed by atoms with van der Waals surface area (Å²) in [7, 11) is 0. The van der Waals surface area contributed by atoms with Crippen LogP contribution in [0.3, 0.4) is 0 Å². The van der Waals surface area contributed by atoms with Crippen LogP contribution in [0.15, 0.2) is 12.1 Å². The van der Waals surface area contributed by atoms with Gasteiger partial charge in [-0.15, -0.1) is 11.8 Å². The van der Waals surface area contributed by atoms with Crippen molar-refractivity contribution in [3.63, 3.8) is 0 Å². The quantitative estimate of drug-likeness (QED) is 0.759. The zero-order valence-corrected chi connectivity index (χ0v) is 10.7. The summed E-state index contributed by atoms with van der Waals surface area (Å²) in [5.41, 5.74) is 1.35. The number of benzene rings is 1. The van der Waals surface area contributed by atoms with Gasteiger partial charge in [-0.05, 0) is 23.6 Å². The van der Waals surface area contributed by atoms with E-state index >= 15 is 0 Å². The smallest absolute Gasteiger partial charge is 0.176 e. The van der Waals surface area contributed by atoms with Gasteiger partial charge in [-0.2, -0.15) is 0 Å². The number of thioether (sulfide) groups is 1. The number of carbonyl (C=O) groups excluding carboxylic acids is 1. The van der Waals surface area contributed by atoms with Crippen molar-refractivity contribution in [2.45, 2.75) is 24.9 Å².